The molecule has 1 aromatic carbocycles. The first-order chi connectivity index (χ1) is 10.7. The number of hydrogen-bond acceptors (Lipinski definition) is 4. The fourth-order valence-corrected chi connectivity index (χ4v) is 3.49. The third kappa shape index (κ3) is 1.99. The second-order valence-corrected chi connectivity index (χ2v) is 6.53. The van der Waals surface area contributed by atoms with Crippen molar-refractivity contribution in [3.05, 3.63) is 33.2 Å². The molecule has 1 fully saturated rings. The lowest BCUT2D eigenvalue weighted by Crippen LogP contribution is -2.31. The molecular weight excluding hydrogens is 348 g/mol. The molecule has 2 aromatic heterocycles. The topological polar surface area (TPSA) is 61.9 Å². The van der Waals surface area contributed by atoms with Crippen molar-refractivity contribution in [2.24, 2.45) is 7.05 Å². The molecule has 7 heteroatoms. The number of hydrogen-bond donors (Lipinski definition) is 0. The zero-order chi connectivity index (χ0) is 15.3. The fraction of sp³-hybridized carbons (Fsp3) is 0.400. The van der Waals surface area contributed by atoms with Crippen LogP contribution in [0.3, 0.4) is 0 Å². The highest BCUT2D eigenvalue weighted by atomic mass is 79.9. The summed E-state index contributed by atoms with van der Waals surface area (Å²) in [6.45, 7) is 1.33. The van der Waals surface area contributed by atoms with Crippen molar-refractivity contribution in [1.82, 2.24) is 19.3 Å². The molecule has 0 aliphatic carbocycles. The Morgan fingerprint density at radius 2 is 2.23 bits per heavy atom. The number of rotatable bonds is 1. The van der Waals surface area contributed by atoms with Crippen LogP contribution in [0.5, 0.6) is 0 Å². The van der Waals surface area contributed by atoms with Crippen molar-refractivity contribution < 1.29 is 4.74 Å². The highest BCUT2D eigenvalue weighted by Crippen LogP contribution is 2.28. The first-order valence-electron chi connectivity index (χ1n) is 7.27. The van der Waals surface area contributed by atoms with E-state index in [0.717, 1.165) is 40.3 Å². The molecule has 1 aliphatic rings. The fourth-order valence-electron chi connectivity index (χ4n) is 3.13. The summed E-state index contributed by atoms with van der Waals surface area (Å²) in [6.07, 6.45) is 1.91. The van der Waals surface area contributed by atoms with Crippen LogP contribution in [0, 0.1) is 0 Å². The zero-order valence-electron chi connectivity index (χ0n) is 12.1. The third-order valence-electron chi connectivity index (χ3n) is 4.23. The van der Waals surface area contributed by atoms with Crippen molar-refractivity contribution >= 4 is 38.0 Å². The Bertz CT molecular complexity index is 925. The third-order valence-corrected chi connectivity index (χ3v) is 4.72. The Kier molecular flexibility index (Phi) is 3.27. The molecular formula is C15H15BrN4O2. The zero-order valence-corrected chi connectivity index (χ0v) is 13.7. The van der Waals surface area contributed by atoms with Crippen molar-refractivity contribution in [1.29, 1.82) is 0 Å². The average Bonchev–Trinajstić information content (AvgIpc) is 2.80. The number of benzene rings is 1. The molecule has 0 bridgehead atoms. The molecule has 0 unspecified atom stereocenters. The number of aryl methyl sites for hydroxylation is 1. The van der Waals surface area contributed by atoms with Gasteiger partial charge in [0.1, 0.15) is 5.52 Å². The maximum Gasteiger partial charge on any atom is 0.330 e. The molecule has 4 rings (SSSR count). The molecule has 114 valence electrons. The summed E-state index contributed by atoms with van der Waals surface area (Å²) in [5.74, 6) is 0. The van der Waals surface area contributed by atoms with E-state index in [1.807, 2.05) is 22.8 Å². The molecule has 1 saturated heterocycles. The molecule has 3 aromatic rings. The molecule has 1 atom stereocenters. The molecule has 0 radical (unpaired) electrons. The van der Waals surface area contributed by atoms with Crippen LogP contribution in [-0.2, 0) is 11.8 Å². The highest BCUT2D eigenvalue weighted by Gasteiger charge is 2.24. The summed E-state index contributed by atoms with van der Waals surface area (Å²) in [5.41, 5.74) is 2.18. The predicted molar refractivity (Wildman–Crippen MR) is 87.1 cm³/mol. The van der Waals surface area contributed by atoms with Gasteiger partial charge in [-0.05, 0) is 31.0 Å². The quantitative estimate of drug-likeness (QED) is 0.666. The standard InChI is InChI=1S/C15H15BrN4O2/c1-19-14-13(11-7-9(16)4-5-12(11)17-18-14)20(15(19)21)10-3-2-6-22-8-10/h4-5,7,10H,2-3,6,8H2,1H3/t10-/m0/s1. The second kappa shape index (κ2) is 5.17. The predicted octanol–water partition coefficient (Wildman–Crippen LogP) is 2.40. The Labute approximate surface area is 134 Å². The van der Waals surface area contributed by atoms with Gasteiger partial charge in [-0.25, -0.2) is 4.79 Å². The number of imidazole rings is 1. The van der Waals surface area contributed by atoms with Crippen LogP contribution in [0.1, 0.15) is 18.9 Å². The summed E-state index contributed by atoms with van der Waals surface area (Å²) in [5, 5.41) is 9.42. The van der Waals surface area contributed by atoms with E-state index < -0.39 is 0 Å². The summed E-state index contributed by atoms with van der Waals surface area (Å²) in [7, 11) is 1.74. The Balaban J connectivity index is 2.11. The lowest BCUT2D eigenvalue weighted by atomic mass is 10.1. The van der Waals surface area contributed by atoms with Crippen LogP contribution in [0.2, 0.25) is 0 Å². The van der Waals surface area contributed by atoms with Gasteiger partial charge in [0.25, 0.3) is 0 Å². The SMILES string of the molecule is Cn1c(=O)n([C@H]2CCCOC2)c2c3cc(Br)ccc3nnc21. The van der Waals surface area contributed by atoms with E-state index in [4.69, 9.17) is 4.74 Å². The smallest absolute Gasteiger partial charge is 0.330 e. The van der Waals surface area contributed by atoms with E-state index in [1.54, 1.807) is 11.6 Å². The monoisotopic (exact) mass is 362 g/mol. The van der Waals surface area contributed by atoms with E-state index >= 15 is 0 Å². The van der Waals surface area contributed by atoms with Gasteiger partial charge in [0.15, 0.2) is 5.65 Å². The van der Waals surface area contributed by atoms with Gasteiger partial charge in [0, 0.05) is 23.5 Å². The minimum absolute atomic E-state index is 0.0522. The first kappa shape index (κ1) is 13.9. The number of nitrogens with zero attached hydrogens (tertiary/aromatic N) is 4. The first-order valence-corrected chi connectivity index (χ1v) is 8.07. The molecule has 22 heavy (non-hydrogen) atoms. The van der Waals surface area contributed by atoms with Gasteiger partial charge in [-0.3, -0.25) is 9.13 Å². The van der Waals surface area contributed by atoms with Crippen molar-refractivity contribution in [3.8, 4) is 0 Å². The number of ether oxygens (including phenoxy) is 1. The number of aromatic nitrogens is 4. The molecule has 1 aliphatic heterocycles. The van der Waals surface area contributed by atoms with E-state index in [-0.39, 0.29) is 11.7 Å². The minimum atomic E-state index is -0.0627. The van der Waals surface area contributed by atoms with Gasteiger partial charge in [-0.15, -0.1) is 10.2 Å². The molecule has 0 spiro atoms. The molecule has 0 N–H and O–H groups in total. The molecule has 0 saturated carbocycles. The molecule has 6 nitrogen and oxygen atoms in total. The van der Waals surface area contributed by atoms with Crippen LogP contribution in [0.15, 0.2) is 27.5 Å². The number of fused-ring (bicyclic) bond motifs is 3. The largest absolute Gasteiger partial charge is 0.379 e. The van der Waals surface area contributed by atoms with E-state index in [1.165, 1.54) is 0 Å². The van der Waals surface area contributed by atoms with Crippen LogP contribution in [0.25, 0.3) is 22.1 Å². The minimum Gasteiger partial charge on any atom is -0.379 e. The van der Waals surface area contributed by atoms with Crippen LogP contribution >= 0.6 is 15.9 Å². The average molecular weight is 363 g/mol. The maximum absolute atomic E-state index is 12.7. The highest BCUT2D eigenvalue weighted by molar-refractivity contribution is 9.10. The van der Waals surface area contributed by atoms with Crippen molar-refractivity contribution in [2.45, 2.75) is 18.9 Å². The van der Waals surface area contributed by atoms with E-state index in [0.29, 0.717) is 12.3 Å². The van der Waals surface area contributed by atoms with Gasteiger partial charge in [-0.1, -0.05) is 15.9 Å². The van der Waals surface area contributed by atoms with Crippen molar-refractivity contribution in [3.63, 3.8) is 0 Å². The van der Waals surface area contributed by atoms with Crippen LogP contribution < -0.4 is 5.69 Å². The Morgan fingerprint density at radius 3 is 3.00 bits per heavy atom. The lowest BCUT2D eigenvalue weighted by molar-refractivity contribution is 0.0593. The Hall–Kier alpha value is -1.73. The van der Waals surface area contributed by atoms with Gasteiger partial charge in [0.05, 0.1) is 18.2 Å². The maximum atomic E-state index is 12.7. The summed E-state index contributed by atoms with van der Waals surface area (Å²) < 4.78 is 9.92. The second-order valence-electron chi connectivity index (χ2n) is 5.62. The number of halogens is 1. The van der Waals surface area contributed by atoms with Gasteiger partial charge < -0.3 is 4.74 Å². The molecule has 3 heterocycles. The van der Waals surface area contributed by atoms with Gasteiger partial charge in [0.2, 0.25) is 0 Å². The van der Waals surface area contributed by atoms with Gasteiger partial charge >= 0.3 is 5.69 Å². The van der Waals surface area contributed by atoms with Crippen LogP contribution in [0.4, 0.5) is 0 Å². The summed E-state index contributed by atoms with van der Waals surface area (Å²) in [4.78, 5) is 12.7. The Morgan fingerprint density at radius 1 is 1.36 bits per heavy atom. The normalized spacial score (nSPS) is 19.1. The lowest BCUT2D eigenvalue weighted by Gasteiger charge is -2.23. The van der Waals surface area contributed by atoms with E-state index in [2.05, 4.69) is 26.1 Å². The van der Waals surface area contributed by atoms with Gasteiger partial charge in [-0.2, -0.15) is 0 Å². The summed E-state index contributed by atoms with van der Waals surface area (Å²) >= 11 is 3.50. The van der Waals surface area contributed by atoms with Crippen LogP contribution in [-0.4, -0.2) is 32.5 Å². The van der Waals surface area contributed by atoms with E-state index in [9.17, 15) is 4.79 Å². The molecule has 0 amide bonds. The summed E-state index contributed by atoms with van der Waals surface area (Å²) in [6, 6.07) is 5.88. The van der Waals surface area contributed by atoms with Crippen molar-refractivity contribution in [2.75, 3.05) is 13.2 Å².